The standard InChI is InChI=1S/C14H21F2N3/c1-3-8-17-12-10(15)9-11(16)13(18-12)19-14(2)6-4-5-7-14/h9H,3-8H2,1-2H3,(H2,17,18,19). The Morgan fingerprint density at radius 3 is 2.47 bits per heavy atom. The first-order chi connectivity index (χ1) is 9.04. The van der Waals surface area contributed by atoms with Crippen molar-refractivity contribution < 1.29 is 8.78 Å². The molecule has 5 heteroatoms. The molecule has 0 spiro atoms. The van der Waals surface area contributed by atoms with Gasteiger partial charge in [-0.2, -0.15) is 0 Å². The van der Waals surface area contributed by atoms with Crippen LogP contribution in [0.5, 0.6) is 0 Å². The van der Waals surface area contributed by atoms with Crippen molar-refractivity contribution >= 4 is 11.6 Å². The van der Waals surface area contributed by atoms with Crippen LogP contribution in [0.1, 0.15) is 46.0 Å². The number of halogens is 2. The summed E-state index contributed by atoms with van der Waals surface area (Å²) in [5.74, 6) is -1.02. The number of rotatable bonds is 5. The maximum absolute atomic E-state index is 13.8. The molecule has 1 aliphatic rings. The summed E-state index contributed by atoms with van der Waals surface area (Å²) in [7, 11) is 0. The molecule has 2 rings (SSSR count). The number of anilines is 2. The van der Waals surface area contributed by atoms with Crippen LogP contribution in [-0.4, -0.2) is 17.1 Å². The summed E-state index contributed by atoms with van der Waals surface area (Å²) in [6, 6.07) is 0.894. The van der Waals surface area contributed by atoms with E-state index < -0.39 is 11.6 Å². The lowest BCUT2D eigenvalue weighted by Gasteiger charge is -2.26. The molecule has 2 N–H and O–H groups in total. The Bertz CT molecular complexity index is 443. The van der Waals surface area contributed by atoms with Crippen molar-refractivity contribution in [1.29, 1.82) is 0 Å². The minimum absolute atomic E-state index is 0.118. The summed E-state index contributed by atoms with van der Waals surface area (Å²) < 4.78 is 27.4. The Balaban J connectivity index is 2.19. The molecule has 106 valence electrons. The molecule has 0 saturated heterocycles. The molecular weight excluding hydrogens is 248 g/mol. The van der Waals surface area contributed by atoms with Crippen LogP contribution in [-0.2, 0) is 0 Å². The predicted octanol–water partition coefficient (Wildman–Crippen LogP) is 3.93. The van der Waals surface area contributed by atoms with Crippen LogP contribution in [0.3, 0.4) is 0 Å². The molecule has 1 aromatic heterocycles. The zero-order valence-electron chi connectivity index (χ0n) is 11.5. The summed E-state index contributed by atoms with van der Waals surface area (Å²) in [6.45, 7) is 4.66. The summed E-state index contributed by atoms with van der Waals surface area (Å²) in [6.07, 6.45) is 5.10. The smallest absolute Gasteiger partial charge is 0.168 e. The van der Waals surface area contributed by atoms with Gasteiger partial charge in [-0.15, -0.1) is 0 Å². The van der Waals surface area contributed by atoms with E-state index in [1.807, 2.05) is 6.92 Å². The molecule has 1 aromatic rings. The number of aromatic nitrogens is 1. The molecule has 0 aromatic carbocycles. The van der Waals surface area contributed by atoms with Crippen LogP contribution < -0.4 is 10.6 Å². The van der Waals surface area contributed by atoms with Crippen molar-refractivity contribution in [3.05, 3.63) is 17.7 Å². The number of pyridine rings is 1. The van der Waals surface area contributed by atoms with Gasteiger partial charge in [-0.1, -0.05) is 19.8 Å². The van der Waals surface area contributed by atoms with Gasteiger partial charge in [-0.05, 0) is 26.2 Å². The van der Waals surface area contributed by atoms with Gasteiger partial charge in [-0.25, -0.2) is 13.8 Å². The second kappa shape index (κ2) is 5.72. The minimum atomic E-state index is -0.645. The molecule has 0 aliphatic heterocycles. The van der Waals surface area contributed by atoms with Crippen molar-refractivity contribution in [2.45, 2.75) is 51.5 Å². The van der Waals surface area contributed by atoms with E-state index >= 15 is 0 Å². The van der Waals surface area contributed by atoms with E-state index in [-0.39, 0.29) is 17.2 Å². The normalized spacial score (nSPS) is 17.5. The fraction of sp³-hybridized carbons (Fsp3) is 0.643. The fourth-order valence-corrected chi connectivity index (χ4v) is 2.49. The van der Waals surface area contributed by atoms with Gasteiger partial charge in [0.15, 0.2) is 23.3 Å². The Kier molecular flexibility index (Phi) is 4.22. The Morgan fingerprint density at radius 2 is 1.84 bits per heavy atom. The van der Waals surface area contributed by atoms with Gasteiger partial charge < -0.3 is 10.6 Å². The molecule has 3 nitrogen and oxygen atoms in total. The van der Waals surface area contributed by atoms with Gasteiger partial charge in [0.1, 0.15) is 0 Å². The predicted molar refractivity (Wildman–Crippen MR) is 73.4 cm³/mol. The minimum Gasteiger partial charge on any atom is -0.368 e. The molecule has 1 aliphatic carbocycles. The van der Waals surface area contributed by atoms with Gasteiger partial charge in [0.25, 0.3) is 0 Å². The second-order valence-corrected chi connectivity index (χ2v) is 5.47. The lowest BCUT2D eigenvalue weighted by Crippen LogP contribution is -2.32. The topological polar surface area (TPSA) is 37.0 Å². The average Bonchev–Trinajstić information content (AvgIpc) is 2.78. The van der Waals surface area contributed by atoms with Gasteiger partial charge in [-0.3, -0.25) is 0 Å². The number of nitrogens with one attached hydrogen (secondary N) is 2. The first-order valence-corrected chi connectivity index (χ1v) is 6.92. The van der Waals surface area contributed by atoms with Crippen LogP contribution in [0, 0.1) is 11.6 Å². The quantitative estimate of drug-likeness (QED) is 0.850. The van der Waals surface area contributed by atoms with E-state index in [1.54, 1.807) is 0 Å². The SMILES string of the molecule is CCCNc1nc(NC2(C)CCCC2)c(F)cc1F. The highest BCUT2D eigenvalue weighted by molar-refractivity contribution is 5.49. The highest BCUT2D eigenvalue weighted by Crippen LogP contribution is 2.33. The van der Waals surface area contributed by atoms with Crippen LogP contribution in [0.2, 0.25) is 0 Å². The monoisotopic (exact) mass is 269 g/mol. The summed E-state index contributed by atoms with van der Waals surface area (Å²) in [4.78, 5) is 4.05. The van der Waals surface area contributed by atoms with Crippen molar-refractivity contribution in [2.24, 2.45) is 0 Å². The highest BCUT2D eigenvalue weighted by Gasteiger charge is 2.30. The summed E-state index contributed by atoms with van der Waals surface area (Å²) >= 11 is 0. The Morgan fingerprint density at radius 1 is 1.21 bits per heavy atom. The largest absolute Gasteiger partial charge is 0.368 e. The molecule has 19 heavy (non-hydrogen) atoms. The first-order valence-electron chi connectivity index (χ1n) is 6.92. The third-order valence-corrected chi connectivity index (χ3v) is 3.60. The maximum atomic E-state index is 13.8. The zero-order chi connectivity index (χ0) is 13.9. The van der Waals surface area contributed by atoms with E-state index in [2.05, 4.69) is 22.5 Å². The van der Waals surface area contributed by atoms with Crippen LogP contribution >= 0.6 is 0 Å². The molecule has 0 amide bonds. The van der Waals surface area contributed by atoms with Crippen LogP contribution in [0.4, 0.5) is 20.4 Å². The Hall–Kier alpha value is -1.39. The highest BCUT2D eigenvalue weighted by atomic mass is 19.1. The molecule has 0 bridgehead atoms. The fourth-order valence-electron chi connectivity index (χ4n) is 2.49. The lowest BCUT2D eigenvalue weighted by molar-refractivity contribution is 0.516. The van der Waals surface area contributed by atoms with Crippen LogP contribution in [0.15, 0.2) is 6.07 Å². The molecule has 0 radical (unpaired) electrons. The van der Waals surface area contributed by atoms with Crippen LogP contribution in [0.25, 0.3) is 0 Å². The lowest BCUT2D eigenvalue weighted by atomic mass is 10.0. The van der Waals surface area contributed by atoms with Crippen molar-refractivity contribution in [2.75, 3.05) is 17.2 Å². The zero-order valence-corrected chi connectivity index (χ0v) is 11.5. The third-order valence-electron chi connectivity index (χ3n) is 3.60. The first kappa shape index (κ1) is 14.0. The van der Waals surface area contributed by atoms with Crippen molar-refractivity contribution in [1.82, 2.24) is 4.98 Å². The van der Waals surface area contributed by atoms with E-state index in [1.165, 1.54) is 0 Å². The summed E-state index contributed by atoms with van der Waals surface area (Å²) in [5, 5.41) is 6.01. The van der Waals surface area contributed by atoms with E-state index in [0.29, 0.717) is 6.54 Å². The molecule has 0 unspecified atom stereocenters. The molecular formula is C14H21F2N3. The maximum Gasteiger partial charge on any atom is 0.168 e. The molecule has 1 saturated carbocycles. The van der Waals surface area contributed by atoms with Gasteiger partial charge in [0.05, 0.1) is 0 Å². The molecule has 1 fully saturated rings. The van der Waals surface area contributed by atoms with Crippen molar-refractivity contribution in [3.8, 4) is 0 Å². The van der Waals surface area contributed by atoms with Gasteiger partial charge >= 0.3 is 0 Å². The summed E-state index contributed by atoms with van der Waals surface area (Å²) in [5.41, 5.74) is -0.131. The molecule has 0 atom stereocenters. The van der Waals surface area contributed by atoms with E-state index in [4.69, 9.17) is 0 Å². The number of hydrogen-bond donors (Lipinski definition) is 2. The van der Waals surface area contributed by atoms with Gasteiger partial charge in [0.2, 0.25) is 0 Å². The van der Waals surface area contributed by atoms with Gasteiger partial charge in [0, 0.05) is 18.2 Å². The van der Waals surface area contributed by atoms with E-state index in [0.717, 1.165) is 38.2 Å². The van der Waals surface area contributed by atoms with Crippen molar-refractivity contribution in [3.63, 3.8) is 0 Å². The third kappa shape index (κ3) is 3.33. The average molecular weight is 269 g/mol. The second-order valence-electron chi connectivity index (χ2n) is 5.47. The number of nitrogens with zero attached hydrogens (tertiary/aromatic N) is 1. The van der Waals surface area contributed by atoms with E-state index in [9.17, 15) is 8.78 Å². The number of hydrogen-bond acceptors (Lipinski definition) is 3. The Labute approximate surface area is 112 Å². The molecule has 1 heterocycles.